The number of hydrogen-bond donors (Lipinski definition) is 0. The van der Waals surface area contributed by atoms with Crippen molar-refractivity contribution >= 4 is 0 Å². The maximum atomic E-state index is 5.81. The van der Waals surface area contributed by atoms with E-state index < -0.39 is 0 Å². The van der Waals surface area contributed by atoms with Crippen LogP contribution in [0.4, 0.5) is 0 Å². The smallest absolute Gasteiger partial charge is 0.140 e. The Balaban J connectivity index is 1.60. The molecular weight excluding hydrogens is 288 g/mol. The number of aromatic nitrogens is 2. The van der Waals surface area contributed by atoms with Crippen LogP contribution in [-0.2, 0) is 11.2 Å². The van der Waals surface area contributed by atoms with Gasteiger partial charge in [-0.3, -0.25) is 0 Å². The molecule has 1 aliphatic heterocycles. The van der Waals surface area contributed by atoms with Crippen molar-refractivity contribution in [3.63, 3.8) is 0 Å². The fourth-order valence-electron chi connectivity index (χ4n) is 3.95. The van der Waals surface area contributed by atoms with Crippen LogP contribution >= 0.6 is 0 Å². The summed E-state index contributed by atoms with van der Waals surface area (Å²) in [4.78, 5) is 4.64. The van der Waals surface area contributed by atoms with Crippen molar-refractivity contribution in [1.29, 1.82) is 0 Å². The lowest BCUT2D eigenvalue weighted by molar-refractivity contribution is 0.0586. The summed E-state index contributed by atoms with van der Waals surface area (Å²) < 4.78 is 13.7. The Morgan fingerprint density at radius 2 is 2.04 bits per heavy atom. The molecule has 0 spiro atoms. The molecule has 4 heteroatoms. The molecule has 1 unspecified atom stereocenters. The normalized spacial score (nSPS) is 26.8. The second-order valence-corrected chi connectivity index (χ2v) is 6.78. The van der Waals surface area contributed by atoms with Gasteiger partial charge in [0.25, 0.3) is 0 Å². The summed E-state index contributed by atoms with van der Waals surface area (Å²) in [7, 11) is 1.82. The van der Waals surface area contributed by atoms with Crippen molar-refractivity contribution in [2.75, 3.05) is 7.11 Å². The Morgan fingerprint density at radius 3 is 2.83 bits per heavy atom. The van der Waals surface area contributed by atoms with Gasteiger partial charge >= 0.3 is 0 Å². The van der Waals surface area contributed by atoms with Crippen molar-refractivity contribution in [2.45, 2.75) is 57.3 Å². The van der Waals surface area contributed by atoms with Gasteiger partial charge in [-0.1, -0.05) is 0 Å². The highest BCUT2D eigenvalue weighted by atomic mass is 16.5. The van der Waals surface area contributed by atoms with E-state index in [4.69, 9.17) is 9.47 Å². The highest BCUT2D eigenvalue weighted by Crippen LogP contribution is 2.36. The molecule has 23 heavy (non-hydrogen) atoms. The number of rotatable bonds is 3. The number of fused-ring (bicyclic) bond motifs is 1. The van der Waals surface area contributed by atoms with Crippen molar-refractivity contribution in [3.05, 3.63) is 36.2 Å². The summed E-state index contributed by atoms with van der Waals surface area (Å²) >= 11 is 0. The quantitative estimate of drug-likeness (QED) is 0.859. The van der Waals surface area contributed by atoms with Crippen molar-refractivity contribution in [1.82, 2.24) is 9.55 Å². The van der Waals surface area contributed by atoms with Crippen molar-refractivity contribution < 1.29 is 9.47 Å². The highest BCUT2D eigenvalue weighted by molar-refractivity contribution is 5.60. The maximum Gasteiger partial charge on any atom is 0.140 e. The first-order valence-corrected chi connectivity index (χ1v) is 8.60. The maximum absolute atomic E-state index is 5.81. The zero-order chi connectivity index (χ0) is 15.8. The summed E-state index contributed by atoms with van der Waals surface area (Å²) in [6.07, 6.45) is 10.3. The van der Waals surface area contributed by atoms with Gasteiger partial charge in [-0.2, -0.15) is 0 Å². The minimum Gasteiger partial charge on any atom is -0.490 e. The first kappa shape index (κ1) is 14.8. The van der Waals surface area contributed by atoms with Crippen LogP contribution in [0, 0.1) is 0 Å². The van der Waals surface area contributed by atoms with Gasteiger partial charge in [-0.05, 0) is 56.4 Å². The minimum absolute atomic E-state index is 0.282. The van der Waals surface area contributed by atoms with Gasteiger partial charge in [0.2, 0.25) is 0 Å². The molecule has 4 rings (SSSR count). The standard InChI is InChI=1S/C19H24N2O2/c1-13-11-15-12-14(3-8-18(15)23-13)19-20-9-10-21(19)16-4-6-17(22-2)7-5-16/h3,8-10,12-13,16-17H,4-7,11H2,1-2H3. The Morgan fingerprint density at radius 1 is 1.22 bits per heavy atom. The van der Waals surface area contributed by atoms with Crippen LogP contribution in [0.25, 0.3) is 11.4 Å². The van der Waals surface area contributed by atoms with Crippen molar-refractivity contribution in [3.8, 4) is 17.1 Å². The minimum atomic E-state index is 0.282. The summed E-state index contributed by atoms with van der Waals surface area (Å²) in [6.45, 7) is 2.12. The zero-order valence-corrected chi connectivity index (χ0v) is 13.9. The Kier molecular flexibility index (Phi) is 3.85. The molecule has 1 atom stereocenters. The second-order valence-electron chi connectivity index (χ2n) is 6.78. The van der Waals surface area contributed by atoms with Gasteiger partial charge in [0.15, 0.2) is 0 Å². The van der Waals surface area contributed by atoms with Crippen LogP contribution < -0.4 is 4.74 Å². The summed E-state index contributed by atoms with van der Waals surface area (Å²) in [5.74, 6) is 2.10. The third kappa shape index (κ3) is 2.76. The van der Waals surface area contributed by atoms with Gasteiger partial charge in [-0.25, -0.2) is 4.98 Å². The molecule has 2 heterocycles. The summed E-state index contributed by atoms with van der Waals surface area (Å²) in [6, 6.07) is 7.01. The average molecular weight is 312 g/mol. The summed E-state index contributed by atoms with van der Waals surface area (Å²) in [5.41, 5.74) is 2.49. The lowest BCUT2D eigenvalue weighted by atomic mass is 9.92. The number of methoxy groups -OCH3 is 1. The molecule has 2 aromatic rings. The molecule has 4 nitrogen and oxygen atoms in total. The predicted molar refractivity (Wildman–Crippen MR) is 89.8 cm³/mol. The lowest BCUT2D eigenvalue weighted by Crippen LogP contribution is -2.22. The van der Waals surface area contributed by atoms with E-state index in [2.05, 4.69) is 40.9 Å². The average Bonchev–Trinajstić information content (AvgIpc) is 3.19. The molecule has 1 fully saturated rings. The molecule has 1 aromatic heterocycles. The Bertz CT molecular complexity index is 686. The first-order chi connectivity index (χ1) is 11.2. The molecule has 0 saturated heterocycles. The van der Waals surface area contributed by atoms with Crippen LogP contribution in [0.3, 0.4) is 0 Å². The molecule has 122 valence electrons. The second kappa shape index (κ2) is 6.00. The lowest BCUT2D eigenvalue weighted by Gasteiger charge is -2.29. The Hall–Kier alpha value is -1.81. The molecule has 1 aromatic carbocycles. The van der Waals surface area contributed by atoms with E-state index in [0.29, 0.717) is 12.1 Å². The van der Waals surface area contributed by atoms with E-state index in [-0.39, 0.29) is 6.10 Å². The SMILES string of the molecule is COC1CCC(n2ccnc2-c2ccc3c(c2)CC(C)O3)CC1. The molecule has 0 amide bonds. The molecule has 0 bridgehead atoms. The van der Waals surface area contributed by atoms with Crippen LogP contribution in [0.1, 0.15) is 44.2 Å². The summed E-state index contributed by atoms with van der Waals surface area (Å²) in [5, 5.41) is 0. The van der Waals surface area contributed by atoms with E-state index in [1.54, 1.807) is 0 Å². The van der Waals surface area contributed by atoms with E-state index in [1.807, 2.05) is 13.3 Å². The van der Waals surface area contributed by atoms with Gasteiger partial charge < -0.3 is 14.0 Å². The fourth-order valence-corrected chi connectivity index (χ4v) is 3.95. The Labute approximate surface area is 137 Å². The predicted octanol–water partition coefficient (Wildman–Crippen LogP) is 4.00. The van der Waals surface area contributed by atoms with E-state index in [1.165, 1.54) is 11.1 Å². The monoisotopic (exact) mass is 312 g/mol. The van der Waals surface area contributed by atoms with E-state index >= 15 is 0 Å². The number of nitrogens with zero attached hydrogens (tertiary/aromatic N) is 2. The third-order valence-electron chi connectivity index (χ3n) is 5.19. The number of hydrogen-bond acceptors (Lipinski definition) is 3. The zero-order valence-electron chi connectivity index (χ0n) is 13.9. The highest BCUT2D eigenvalue weighted by Gasteiger charge is 2.25. The topological polar surface area (TPSA) is 36.3 Å². The van der Waals surface area contributed by atoms with E-state index in [9.17, 15) is 0 Å². The molecule has 0 radical (unpaired) electrons. The number of benzene rings is 1. The molecule has 1 saturated carbocycles. The molecule has 1 aliphatic carbocycles. The van der Waals surface area contributed by atoms with Gasteiger partial charge in [0.05, 0.1) is 6.10 Å². The van der Waals surface area contributed by atoms with Crippen LogP contribution in [0.2, 0.25) is 0 Å². The largest absolute Gasteiger partial charge is 0.490 e. The molecule has 2 aliphatic rings. The molecular formula is C19H24N2O2. The van der Waals surface area contributed by atoms with Gasteiger partial charge in [0.1, 0.15) is 17.7 Å². The van der Waals surface area contributed by atoms with Crippen LogP contribution in [0.5, 0.6) is 5.75 Å². The fraction of sp³-hybridized carbons (Fsp3) is 0.526. The van der Waals surface area contributed by atoms with Gasteiger partial charge in [0, 0.05) is 37.5 Å². The van der Waals surface area contributed by atoms with E-state index in [0.717, 1.165) is 43.7 Å². The van der Waals surface area contributed by atoms with Crippen LogP contribution in [-0.4, -0.2) is 28.9 Å². The van der Waals surface area contributed by atoms with Crippen LogP contribution in [0.15, 0.2) is 30.6 Å². The number of ether oxygens (including phenoxy) is 2. The third-order valence-corrected chi connectivity index (χ3v) is 5.19. The van der Waals surface area contributed by atoms with Gasteiger partial charge in [-0.15, -0.1) is 0 Å². The number of imidazole rings is 1. The first-order valence-electron chi connectivity index (χ1n) is 8.60. The van der Waals surface area contributed by atoms with Crippen molar-refractivity contribution in [2.24, 2.45) is 0 Å². The molecule has 0 N–H and O–H groups in total.